The third-order valence-electron chi connectivity index (χ3n) is 7.63. The quantitative estimate of drug-likeness (QED) is 0.246. The SMILES string of the molecule is C/C=C\[C@]1(C)/C(=N/NS(=O)(=O)c2c(C(C)C)cc(C(C)C)cc2C(C)C)CCC[C@@H]1OCc1ccccc1. The van der Waals surface area contributed by atoms with Crippen LogP contribution in [0.3, 0.4) is 0 Å². The van der Waals surface area contributed by atoms with Crippen LogP contribution >= 0.6 is 0 Å². The Hall–Kier alpha value is -2.44. The van der Waals surface area contributed by atoms with Gasteiger partial charge in [0.15, 0.2) is 0 Å². The molecule has 2 atom stereocenters. The number of sulfonamides is 1. The largest absolute Gasteiger partial charge is 0.372 e. The maximum atomic E-state index is 13.9. The van der Waals surface area contributed by atoms with Gasteiger partial charge in [0.25, 0.3) is 10.0 Å². The zero-order valence-corrected chi connectivity index (χ0v) is 25.2. The number of benzene rings is 2. The maximum Gasteiger partial charge on any atom is 0.277 e. The monoisotopic (exact) mass is 538 g/mol. The standard InChI is InChI=1S/C32H46N2O3S/c1-9-18-32(8)29(16-13-17-30(32)37-21-25-14-11-10-12-15-25)33-34-38(35,36)31-27(23(4)5)19-26(22(2)3)20-28(31)24(6)7/h9-12,14-15,18-20,22-24,30,34H,13,16-17,21H2,1-8H3/b18-9-,33-29+/t30-,32+/m0/s1. The summed E-state index contributed by atoms with van der Waals surface area (Å²) in [6.45, 7) is 17.1. The molecule has 0 unspecified atom stereocenters. The van der Waals surface area contributed by atoms with Crippen LogP contribution in [0.25, 0.3) is 0 Å². The summed E-state index contributed by atoms with van der Waals surface area (Å²) in [5.74, 6) is 0.430. The van der Waals surface area contributed by atoms with Crippen LogP contribution in [0.1, 0.15) is 115 Å². The van der Waals surface area contributed by atoms with Crippen LogP contribution in [0.15, 0.2) is 64.6 Å². The molecule has 3 rings (SSSR count). The maximum absolute atomic E-state index is 13.9. The third-order valence-corrected chi connectivity index (χ3v) is 8.97. The third kappa shape index (κ3) is 6.76. The molecule has 5 nitrogen and oxygen atoms in total. The minimum Gasteiger partial charge on any atom is -0.372 e. The van der Waals surface area contributed by atoms with E-state index >= 15 is 0 Å². The highest BCUT2D eigenvalue weighted by Gasteiger charge is 2.41. The second-order valence-electron chi connectivity index (χ2n) is 11.6. The van der Waals surface area contributed by atoms with Crippen molar-refractivity contribution >= 4 is 15.7 Å². The average molecular weight is 539 g/mol. The molecular weight excluding hydrogens is 492 g/mol. The fourth-order valence-electron chi connectivity index (χ4n) is 5.32. The van der Waals surface area contributed by atoms with E-state index in [9.17, 15) is 8.42 Å². The summed E-state index contributed by atoms with van der Waals surface area (Å²) in [6, 6.07) is 14.2. The van der Waals surface area contributed by atoms with Crippen LogP contribution < -0.4 is 4.83 Å². The highest BCUT2D eigenvalue weighted by atomic mass is 32.2. The van der Waals surface area contributed by atoms with Crippen LogP contribution in [0, 0.1) is 5.41 Å². The van der Waals surface area contributed by atoms with Gasteiger partial charge in [-0.25, -0.2) is 4.83 Å². The number of hydrogen-bond acceptors (Lipinski definition) is 4. The van der Waals surface area contributed by atoms with E-state index in [0.717, 1.165) is 47.2 Å². The molecule has 0 bridgehead atoms. The molecule has 1 aliphatic carbocycles. The summed E-state index contributed by atoms with van der Waals surface area (Å²) in [5, 5.41) is 4.61. The minimum atomic E-state index is -3.89. The predicted octanol–water partition coefficient (Wildman–Crippen LogP) is 8.04. The molecule has 6 heteroatoms. The molecule has 2 aromatic rings. The molecule has 0 amide bonds. The Kier molecular flexibility index (Phi) is 9.99. The van der Waals surface area contributed by atoms with Crippen molar-refractivity contribution < 1.29 is 13.2 Å². The van der Waals surface area contributed by atoms with E-state index in [4.69, 9.17) is 4.74 Å². The van der Waals surface area contributed by atoms with Crippen molar-refractivity contribution in [3.8, 4) is 0 Å². The van der Waals surface area contributed by atoms with Crippen LogP contribution in [-0.2, 0) is 21.4 Å². The van der Waals surface area contributed by atoms with Gasteiger partial charge in [0, 0.05) is 0 Å². The summed E-state index contributed by atoms with van der Waals surface area (Å²) in [7, 11) is -3.89. The van der Waals surface area contributed by atoms with E-state index in [1.54, 1.807) is 0 Å². The second-order valence-corrected chi connectivity index (χ2v) is 13.2. The predicted molar refractivity (Wildman–Crippen MR) is 158 cm³/mol. The van der Waals surface area contributed by atoms with E-state index in [-0.39, 0.29) is 17.9 Å². The minimum absolute atomic E-state index is 0.0594. The summed E-state index contributed by atoms with van der Waals surface area (Å²) >= 11 is 0. The van der Waals surface area contributed by atoms with E-state index in [1.807, 2.05) is 58.9 Å². The topological polar surface area (TPSA) is 67.8 Å². The number of rotatable bonds is 10. The number of hydrogen-bond donors (Lipinski definition) is 1. The van der Waals surface area contributed by atoms with Crippen molar-refractivity contribution in [3.05, 3.63) is 76.9 Å². The van der Waals surface area contributed by atoms with E-state index in [2.05, 4.69) is 61.0 Å². The lowest BCUT2D eigenvalue weighted by Crippen LogP contribution is -2.44. The molecule has 0 heterocycles. The first-order valence-electron chi connectivity index (χ1n) is 14.0. The van der Waals surface area contributed by atoms with Gasteiger partial charge < -0.3 is 4.74 Å². The van der Waals surface area contributed by atoms with Gasteiger partial charge in [0.05, 0.1) is 28.7 Å². The lowest BCUT2D eigenvalue weighted by molar-refractivity contribution is -0.0121. The van der Waals surface area contributed by atoms with Crippen LogP contribution in [0.2, 0.25) is 0 Å². The fraction of sp³-hybridized carbons (Fsp3) is 0.531. The van der Waals surface area contributed by atoms with Gasteiger partial charge in [-0.05, 0) is 73.1 Å². The molecule has 208 valence electrons. The molecule has 2 aromatic carbocycles. The molecule has 1 N–H and O–H groups in total. The number of nitrogens with one attached hydrogen (secondary N) is 1. The first-order chi connectivity index (χ1) is 17.9. The number of nitrogens with zero attached hydrogens (tertiary/aromatic N) is 1. The average Bonchev–Trinajstić information content (AvgIpc) is 2.87. The van der Waals surface area contributed by atoms with Crippen molar-refractivity contribution in [2.75, 3.05) is 0 Å². The van der Waals surface area contributed by atoms with Gasteiger partial charge in [-0.1, -0.05) is 96.2 Å². The molecule has 1 aliphatic rings. The molecular formula is C32H46N2O3S. The second kappa shape index (κ2) is 12.6. The molecule has 0 aromatic heterocycles. The molecule has 0 aliphatic heterocycles. The Morgan fingerprint density at radius 3 is 2.16 bits per heavy atom. The Bertz CT molecular complexity index is 1220. The molecule has 38 heavy (non-hydrogen) atoms. The highest BCUT2D eigenvalue weighted by Crippen LogP contribution is 2.39. The summed E-state index contributed by atoms with van der Waals surface area (Å²) in [5.41, 5.74) is 4.27. The molecule has 0 saturated heterocycles. The summed E-state index contributed by atoms with van der Waals surface area (Å²) < 4.78 is 34.2. The normalized spacial score (nSPS) is 21.8. The van der Waals surface area contributed by atoms with Crippen molar-refractivity contribution in [3.63, 3.8) is 0 Å². The van der Waals surface area contributed by atoms with Crippen molar-refractivity contribution in [2.45, 2.75) is 110 Å². The van der Waals surface area contributed by atoms with Crippen molar-refractivity contribution in [1.29, 1.82) is 0 Å². The molecule has 1 fully saturated rings. The van der Waals surface area contributed by atoms with Crippen LogP contribution in [-0.4, -0.2) is 20.2 Å². The molecule has 0 radical (unpaired) electrons. The van der Waals surface area contributed by atoms with Crippen LogP contribution in [0.4, 0.5) is 0 Å². The summed E-state index contributed by atoms with van der Waals surface area (Å²) in [6.07, 6.45) is 6.52. The number of allylic oxidation sites excluding steroid dienone is 1. The Morgan fingerprint density at radius 2 is 1.63 bits per heavy atom. The number of hydrazone groups is 1. The van der Waals surface area contributed by atoms with E-state index < -0.39 is 15.4 Å². The van der Waals surface area contributed by atoms with Gasteiger partial charge in [0.2, 0.25) is 0 Å². The smallest absolute Gasteiger partial charge is 0.277 e. The van der Waals surface area contributed by atoms with Gasteiger partial charge in [-0.2, -0.15) is 13.5 Å². The highest BCUT2D eigenvalue weighted by molar-refractivity contribution is 7.89. The van der Waals surface area contributed by atoms with Crippen molar-refractivity contribution in [1.82, 2.24) is 4.83 Å². The zero-order chi connectivity index (χ0) is 28.1. The lowest BCUT2D eigenvalue weighted by atomic mass is 9.71. The van der Waals surface area contributed by atoms with Gasteiger partial charge in [0.1, 0.15) is 0 Å². The Labute approximate surface area is 230 Å². The van der Waals surface area contributed by atoms with Gasteiger partial charge >= 0.3 is 0 Å². The molecule has 1 saturated carbocycles. The van der Waals surface area contributed by atoms with Crippen molar-refractivity contribution in [2.24, 2.45) is 10.5 Å². The first-order valence-corrected chi connectivity index (χ1v) is 15.4. The fourth-order valence-corrected chi connectivity index (χ4v) is 6.86. The Morgan fingerprint density at radius 1 is 1.03 bits per heavy atom. The zero-order valence-electron chi connectivity index (χ0n) is 24.4. The van der Waals surface area contributed by atoms with Gasteiger partial charge in [-0.15, -0.1) is 0 Å². The van der Waals surface area contributed by atoms with Crippen LogP contribution in [0.5, 0.6) is 0 Å². The lowest BCUT2D eigenvalue weighted by Gasteiger charge is -2.40. The van der Waals surface area contributed by atoms with E-state index in [0.29, 0.717) is 17.4 Å². The van der Waals surface area contributed by atoms with Gasteiger partial charge in [-0.3, -0.25) is 0 Å². The first kappa shape index (κ1) is 30.1. The number of ether oxygens (including phenoxy) is 1. The molecule has 0 spiro atoms. The Balaban J connectivity index is 1.99. The van der Waals surface area contributed by atoms with E-state index in [1.165, 1.54) is 0 Å². The summed E-state index contributed by atoms with van der Waals surface area (Å²) in [4.78, 5) is 3.03.